The summed E-state index contributed by atoms with van der Waals surface area (Å²) in [5.74, 6) is -1.02. The second-order valence-electron chi connectivity index (χ2n) is 6.48. The van der Waals surface area contributed by atoms with Gasteiger partial charge in [0.2, 0.25) is 0 Å². The molecule has 0 radical (unpaired) electrons. The second-order valence-corrected chi connectivity index (χ2v) is 6.48. The van der Waals surface area contributed by atoms with Gasteiger partial charge in [0.05, 0.1) is 11.1 Å². The molecule has 10 heteroatoms. The number of ether oxygens (including phenoxy) is 1. The number of hydrogen-bond acceptors (Lipinski definition) is 3. The molecule has 1 unspecified atom stereocenters. The molecular formula is C20H17F6NO3. The van der Waals surface area contributed by atoms with E-state index >= 15 is 0 Å². The molecule has 0 spiro atoms. The Kier molecular flexibility index (Phi) is 7.12. The fourth-order valence-electron chi connectivity index (χ4n) is 2.53. The normalized spacial score (nSPS) is 12.9. The quantitative estimate of drug-likeness (QED) is 0.476. The molecule has 0 aliphatic heterocycles. The molecule has 0 saturated carbocycles. The summed E-state index contributed by atoms with van der Waals surface area (Å²) in [6, 6.07) is 9.43. The van der Waals surface area contributed by atoms with Crippen molar-refractivity contribution in [1.82, 2.24) is 5.32 Å². The van der Waals surface area contributed by atoms with E-state index in [1.165, 1.54) is 6.92 Å². The van der Waals surface area contributed by atoms with Crippen LogP contribution in [0.2, 0.25) is 0 Å². The highest BCUT2D eigenvalue weighted by atomic mass is 19.4. The van der Waals surface area contributed by atoms with Gasteiger partial charge in [-0.1, -0.05) is 30.3 Å². The summed E-state index contributed by atoms with van der Waals surface area (Å²) < 4.78 is 82.4. The lowest BCUT2D eigenvalue weighted by molar-refractivity contribution is -0.143. The average Bonchev–Trinajstić information content (AvgIpc) is 2.65. The van der Waals surface area contributed by atoms with Gasteiger partial charge in [-0.25, -0.2) is 4.79 Å². The van der Waals surface area contributed by atoms with Crippen LogP contribution in [0.5, 0.6) is 0 Å². The van der Waals surface area contributed by atoms with Gasteiger partial charge < -0.3 is 10.1 Å². The molecule has 0 saturated heterocycles. The van der Waals surface area contributed by atoms with Gasteiger partial charge in [-0.3, -0.25) is 4.79 Å². The molecule has 0 fully saturated rings. The van der Waals surface area contributed by atoms with E-state index in [-0.39, 0.29) is 12.6 Å². The molecule has 2 aromatic carbocycles. The maximum Gasteiger partial charge on any atom is 0.416 e. The van der Waals surface area contributed by atoms with Gasteiger partial charge in [-0.15, -0.1) is 0 Å². The van der Waals surface area contributed by atoms with Crippen LogP contribution in [0.4, 0.5) is 31.1 Å². The van der Waals surface area contributed by atoms with Gasteiger partial charge in [-0.2, -0.15) is 26.3 Å². The van der Waals surface area contributed by atoms with Crippen LogP contribution in [0.3, 0.4) is 0 Å². The molecular weight excluding hydrogens is 416 g/mol. The summed E-state index contributed by atoms with van der Waals surface area (Å²) in [5.41, 5.74) is -3.16. The Morgan fingerprint density at radius 3 is 1.97 bits per heavy atom. The molecule has 0 aromatic heterocycles. The van der Waals surface area contributed by atoms with E-state index in [0.717, 1.165) is 5.56 Å². The van der Waals surface area contributed by atoms with Crippen LogP contribution in [0, 0.1) is 0 Å². The molecule has 2 aromatic rings. The lowest BCUT2D eigenvalue weighted by Gasteiger charge is -2.16. The van der Waals surface area contributed by atoms with Crippen LogP contribution in [0.25, 0.3) is 0 Å². The van der Waals surface area contributed by atoms with E-state index in [0.29, 0.717) is 12.1 Å². The predicted octanol–water partition coefficient (Wildman–Crippen LogP) is 5.61. The first kappa shape index (κ1) is 23.2. The zero-order valence-corrected chi connectivity index (χ0v) is 15.6. The second kappa shape index (κ2) is 9.19. The SMILES string of the molecule is CC(CC(=O)c1cc(C(F)(F)F)cc(C(F)(F)F)c1)OC(=O)NCc1ccccc1. The van der Waals surface area contributed by atoms with Gasteiger partial charge in [0.15, 0.2) is 5.78 Å². The number of hydrogen-bond donors (Lipinski definition) is 1. The van der Waals surface area contributed by atoms with Gasteiger partial charge >= 0.3 is 18.4 Å². The number of nitrogens with one attached hydrogen (secondary N) is 1. The molecule has 1 N–H and O–H groups in total. The van der Waals surface area contributed by atoms with Gasteiger partial charge in [0.1, 0.15) is 6.10 Å². The number of carbonyl (C=O) groups is 2. The van der Waals surface area contributed by atoms with Crippen LogP contribution in [-0.2, 0) is 23.6 Å². The van der Waals surface area contributed by atoms with Crippen LogP contribution in [0.1, 0.15) is 40.4 Å². The Bertz CT molecular complexity index is 861. The molecule has 1 amide bonds. The number of halogens is 6. The summed E-state index contributed by atoms with van der Waals surface area (Å²) in [6.07, 6.45) is -12.7. The first-order chi connectivity index (χ1) is 13.9. The number of benzene rings is 2. The summed E-state index contributed by atoms with van der Waals surface area (Å²) in [6.45, 7) is 1.45. The number of alkyl halides is 6. The predicted molar refractivity (Wildman–Crippen MR) is 94.6 cm³/mol. The minimum absolute atomic E-state index is 0.0618. The lowest BCUT2D eigenvalue weighted by Crippen LogP contribution is -2.28. The van der Waals surface area contributed by atoms with Crippen LogP contribution in [0.15, 0.2) is 48.5 Å². The van der Waals surface area contributed by atoms with Crippen molar-refractivity contribution in [3.8, 4) is 0 Å². The summed E-state index contributed by atoms with van der Waals surface area (Å²) in [5, 5.41) is 2.43. The molecule has 0 bridgehead atoms. The van der Waals surface area contributed by atoms with Crippen molar-refractivity contribution in [3.63, 3.8) is 0 Å². The Labute approximate surface area is 167 Å². The summed E-state index contributed by atoms with van der Waals surface area (Å²) >= 11 is 0. The molecule has 0 aliphatic rings. The Balaban J connectivity index is 2.04. The minimum atomic E-state index is -5.06. The van der Waals surface area contributed by atoms with Crippen molar-refractivity contribution >= 4 is 11.9 Å². The Hall–Kier alpha value is -3.04. The van der Waals surface area contributed by atoms with E-state index in [1.807, 2.05) is 0 Å². The number of alkyl carbamates (subject to hydrolysis) is 1. The zero-order valence-electron chi connectivity index (χ0n) is 15.6. The number of ketones is 1. The monoisotopic (exact) mass is 433 g/mol. The number of carbonyl (C=O) groups excluding carboxylic acids is 2. The summed E-state index contributed by atoms with van der Waals surface area (Å²) in [7, 11) is 0. The van der Waals surface area contributed by atoms with Gasteiger partial charge in [0.25, 0.3) is 0 Å². The molecule has 2 rings (SSSR count). The molecule has 30 heavy (non-hydrogen) atoms. The van der Waals surface area contributed by atoms with E-state index in [1.54, 1.807) is 30.3 Å². The zero-order chi connectivity index (χ0) is 22.5. The fourth-order valence-corrected chi connectivity index (χ4v) is 2.53. The van der Waals surface area contributed by atoms with Gasteiger partial charge in [-0.05, 0) is 30.7 Å². The minimum Gasteiger partial charge on any atom is -0.446 e. The van der Waals surface area contributed by atoms with Crippen LogP contribution in [-0.4, -0.2) is 18.0 Å². The first-order valence-electron chi connectivity index (χ1n) is 8.67. The maximum absolute atomic E-state index is 12.9. The number of Topliss-reactive ketones (excluding diaryl/α,β-unsaturated/α-hetero) is 1. The van der Waals surface area contributed by atoms with Crippen molar-refractivity contribution in [2.24, 2.45) is 0 Å². The smallest absolute Gasteiger partial charge is 0.416 e. The highest BCUT2D eigenvalue weighted by Crippen LogP contribution is 2.36. The standard InChI is InChI=1S/C20H17F6NO3/c1-12(30-18(29)27-11-13-5-3-2-4-6-13)7-17(28)14-8-15(19(21,22)23)10-16(9-14)20(24,25)26/h2-6,8-10,12H,7,11H2,1H3,(H,27,29). The lowest BCUT2D eigenvalue weighted by atomic mass is 9.99. The van der Waals surface area contributed by atoms with Crippen LogP contribution >= 0.6 is 0 Å². The van der Waals surface area contributed by atoms with Crippen molar-refractivity contribution in [2.75, 3.05) is 0 Å². The largest absolute Gasteiger partial charge is 0.446 e. The van der Waals surface area contributed by atoms with E-state index < -0.39 is 53.4 Å². The van der Waals surface area contributed by atoms with E-state index in [4.69, 9.17) is 4.74 Å². The maximum atomic E-state index is 12.9. The summed E-state index contributed by atoms with van der Waals surface area (Å²) in [4.78, 5) is 24.0. The van der Waals surface area contributed by atoms with E-state index in [9.17, 15) is 35.9 Å². The van der Waals surface area contributed by atoms with Crippen molar-refractivity contribution < 1.29 is 40.7 Å². The molecule has 1 atom stereocenters. The molecule has 0 aliphatic carbocycles. The van der Waals surface area contributed by atoms with Crippen molar-refractivity contribution in [1.29, 1.82) is 0 Å². The number of rotatable bonds is 6. The van der Waals surface area contributed by atoms with Gasteiger partial charge in [0, 0.05) is 18.5 Å². The molecule has 4 nitrogen and oxygen atoms in total. The Morgan fingerprint density at radius 2 is 1.47 bits per heavy atom. The van der Waals surface area contributed by atoms with Crippen LogP contribution < -0.4 is 5.32 Å². The highest BCUT2D eigenvalue weighted by molar-refractivity contribution is 5.97. The van der Waals surface area contributed by atoms with Crippen molar-refractivity contribution in [3.05, 3.63) is 70.8 Å². The third kappa shape index (κ3) is 6.78. The third-order valence-corrected chi connectivity index (χ3v) is 3.97. The third-order valence-electron chi connectivity index (χ3n) is 3.97. The van der Waals surface area contributed by atoms with E-state index in [2.05, 4.69) is 5.32 Å². The Morgan fingerprint density at radius 1 is 0.933 bits per heavy atom. The number of amides is 1. The topological polar surface area (TPSA) is 55.4 Å². The highest BCUT2D eigenvalue weighted by Gasteiger charge is 2.37. The molecule has 162 valence electrons. The molecule has 0 heterocycles. The average molecular weight is 433 g/mol. The van der Waals surface area contributed by atoms with Crippen molar-refractivity contribution in [2.45, 2.75) is 38.3 Å². The first-order valence-corrected chi connectivity index (χ1v) is 8.67. The fraction of sp³-hybridized carbons (Fsp3) is 0.300.